The Balaban J connectivity index is 1.82. The fraction of sp³-hybridized carbons (Fsp3) is 0.438. The second-order valence-corrected chi connectivity index (χ2v) is 5.46. The van der Waals surface area contributed by atoms with E-state index < -0.39 is 0 Å². The SMILES string of the molecule is N#C/C=C/Cc1c[nH]c2ncc(CC3CCCC3)nc12. The van der Waals surface area contributed by atoms with Crippen molar-refractivity contribution in [3.63, 3.8) is 0 Å². The van der Waals surface area contributed by atoms with E-state index in [0.717, 1.165) is 41.2 Å². The van der Waals surface area contributed by atoms with Crippen molar-refractivity contribution in [1.29, 1.82) is 5.26 Å². The van der Waals surface area contributed by atoms with Crippen molar-refractivity contribution >= 4 is 11.2 Å². The highest BCUT2D eigenvalue weighted by Crippen LogP contribution is 2.27. The largest absolute Gasteiger partial charge is 0.345 e. The molecule has 4 heteroatoms. The van der Waals surface area contributed by atoms with Gasteiger partial charge in [0.15, 0.2) is 5.65 Å². The van der Waals surface area contributed by atoms with E-state index in [1.165, 1.54) is 31.8 Å². The van der Waals surface area contributed by atoms with Crippen molar-refractivity contribution in [2.75, 3.05) is 0 Å². The monoisotopic (exact) mass is 266 g/mol. The second-order valence-electron chi connectivity index (χ2n) is 5.46. The first-order valence-electron chi connectivity index (χ1n) is 7.23. The summed E-state index contributed by atoms with van der Waals surface area (Å²) in [5.41, 5.74) is 3.98. The molecule has 0 aromatic carbocycles. The molecule has 1 fully saturated rings. The van der Waals surface area contributed by atoms with Gasteiger partial charge >= 0.3 is 0 Å². The van der Waals surface area contributed by atoms with Crippen molar-refractivity contribution in [3.05, 3.63) is 35.8 Å². The third kappa shape index (κ3) is 2.72. The molecule has 1 saturated carbocycles. The Labute approximate surface area is 118 Å². The summed E-state index contributed by atoms with van der Waals surface area (Å²) >= 11 is 0. The summed E-state index contributed by atoms with van der Waals surface area (Å²) in [6, 6.07) is 2.01. The number of hydrogen-bond acceptors (Lipinski definition) is 3. The predicted molar refractivity (Wildman–Crippen MR) is 78.0 cm³/mol. The lowest BCUT2D eigenvalue weighted by Crippen LogP contribution is -2.02. The fourth-order valence-electron chi connectivity index (χ4n) is 2.98. The minimum atomic E-state index is 0.717. The molecule has 0 radical (unpaired) electrons. The summed E-state index contributed by atoms with van der Waals surface area (Å²) in [4.78, 5) is 12.4. The van der Waals surface area contributed by atoms with Crippen molar-refractivity contribution in [2.45, 2.75) is 38.5 Å². The number of rotatable bonds is 4. The molecule has 0 amide bonds. The molecule has 2 aromatic rings. The average molecular weight is 266 g/mol. The van der Waals surface area contributed by atoms with E-state index in [2.05, 4.69) is 9.97 Å². The Morgan fingerprint density at radius 2 is 2.25 bits per heavy atom. The topological polar surface area (TPSA) is 65.4 Å². The highest BCUT2D eigenvalue weighted by Gasteiger charge is 2.17. The first-order valence-corrected chi connectivity index (χ1v) is 7.23. The molecule has 0 bridgehead atoms. The molecule has 1 aliphatic rings. The number of hydrogen-bond donors (Lipinski definition) is 1. The van der Waals surface area contributed by atoms with Gasteiger partial charge < -0.3 is 4.98 Å². The lowest BCUT2D eigenvalue weighted by molar-refractivity contribution is 0.539. The quantitative estimate of drug-likeness (QED) is 0.863. The molecule has 3 rings (SSSR count). The molecule has 0 saturated heterocycles. The summed E-state index contributed by atoms with van der Waals surface area (Å²) in [5.74, 6) is 0.780. The van der Waals surface area contributed by atoms with E-state index >= 15 is 0 Å². The van der Waals surface area contributed by atoms with Crippen LogP contribution in [0.3, 0.4) is 0 Å². The maximum atomic E-state index is 8.54. The van der Waals surface area contributed by atoms with E-state index in [0.29, 0.717) is 0 Å². The standard InChI is InChI=1S/C16H18N4/c17-8-4-3-7-13-10-18-16-15(13)20-14(11-19-16)9-12-5-1-2-6-12/h3-4,10-12H,1-2,5-7,9H2,(H,18,19)/b4-3+. The maximum absolute atomic E-state index is 8.54. The van der Waals surface area contributed by atoms with E-state index in [1.54, 1.807) is 0 Å². The van der Waals surface area contributed by atoms with Crippen molar-refractivity contribution in [3.8, 4) is 6.07 Å². The van der Waals surface area contributed by atoms with Gasteiger partial charge in [-0.1, -0.05) is 31.8 Å². The van der Waals surface area contributed by atoms with Gasteiger partial charge in [-0.05, 0) is 18.8 Å². The third-order valence-corrected chi connectivity index (χ3v) is 4.01. The zero-order chi connectivity index (χ0) is 13.8. The van der Waals surface area contributed by atoms with Crippen molar-refractivity contribution in [1.82, 2.24) is 15.0 Å². The highest BCUT2D eigenvalue weighted by atomic mass is 14.9. The number of aromatic nitrogens is 3. The van der Waals surface area contributed by atoms with Crippen LogP contribution in [0.1, 0.15) is 36.9 Å². The first kappa shape index (κ1) is 12.9. The number of aromatic amines is 1. The molecule has 0 atom stereocenters. The highest BCUT2D eigenvalue weighted by molar-refractivity contribution is 5.75. The molecule has 0 unspecified atom stereocenters. The Bertz CT molecular complexity index is 657. The Morgan fingerprint density at radius 3 is 3.05 bits per heavy atom. The third-order valence-electron chi connectivity index (χ3n) is 4.01. The van der Waals surface area contributed by atoms with Crippen LogP contribution in [-0.2, 0) is 12.8 Å². The van der Waals surface area contributed by atoms with Crippen LogP contribution < -0.4 is 0 Å². The van der Waals surface area contributed by atoms with Gasteiger partial charge in [-0.15, -0.1) is 0 Å². The predicted octanol–water partition coefficient (Wildman–Crippen LogP) is 3.31. The maximum Gasteiger partial charge on any atom is 0.156 e. The van der Waals surface area contributed by atoms with Gasteiger partial charge in [0.1, 0.15) is 5.52 Å². The lowest BCUT2D eigenvalue weighted by Gasteiger charge is -2.07. The van der Waals surface area contributed by atoms with E-state index in [1.807, 2.05) is 24.5 Å². The molecule has 2 heterocycles. The lowest BCUT2D eigenvalue weighted by atomic mass is 10.0. The second kappa shape index (κ2) is 5.87. The Morgan fingerprint density at radius 1 is 1.40 bits per heavy atom. The van der Waals surface area contributed by atoms with Crippen LogP contribution in [0, 0.1) is 17.2 Å². The zero-order valence-corrected chi connectivity index (χ0v) is 11.5. The number of allylic oxidation sites excluding steroid dienone is 2. The normalized spacial score (nSPS) is 16.1. The molecule has 20 heavy (non-hydrogen) atoms. The van der Waals surface area contributed by atoms with Crippen LogP contribution in [-0.4, -0.2) is 15.0 Å². The van der Waals surface area contributed by atoms with Crippen molar-refractivity contribution < 1.29 is 0 Å². The minimum absolute atomic E-state index is 0.717. The van der Waals surface area contributed by atoms with Crippen molar-refractivity contribution in [2.24, 2.45) is 5.92 Å². The number of fused-ring (bicyclic) bond motifs is 1. The molecular formula is C16H18N4. The number of nitrogens with zero attached hydrogens (tertiary/aromatic N) is 3. The molecule has 1 aliphatic carbocycles. The van der Waals surface area contributed by atoms with Crippen LogP contribution in [0.2, 0.25) is 0 Å². The van der Waals surface area contributed by atoms with Gasteiger partial charge in [0.2, 0.25) is 0 Å². The summed E-state index contributed by atoms with van der Waals surface area (Å²) < 4.78 is 0. The molecule has 2 aromatic heterocycles. The van der Waals surface area contributed by atoms with Gasteiger partial charge in [0.05, 0.1) is 18.0 Å². The molecule has 102 valence electrons. The van der Waals surface area contributed by atoms with Crippen LogP contribution in [0.5, 0.6) is 0 Å². The average Bonchev–Trinajstić information content (AvgIpc) is 3.09. The van der Waals surface area contributed by atoms with Crippen LogP contribution in [0.15, 0.2) is 24.5 Å². The molecule has 0 aliphatic heterocycles. The van der Waals surface area contributed by atoms with Gasteiger partial charge in [0, 0.05) is 17.8 Å². The van der Waals surface area contributed by atoms with Crippen LogP contribution in [0.4, 0.5) is 0 Å². The van der Waals surface area contributed by atoms with E-state index in [4.69, 9.17) is 10.2 Å². The molecule has 1 N–H and O–H groups in total. The smallest absolute Gasteiger partial charge is 0.156 e. The molecule has 4 nitrogen and oxygen atoms in total. The zero-order valence-electron chi connectivity index (χ0n) is 11.5. The Hall–Kier alpha value is -2.15. The fourth-order valence-corrected chi connectivity index (χ4v) is 2.98. The summed E-state index contributed by atoms with van der Waals surface area (Å²) in [6.45, 7) is 0. The minimum Gasteiger partial charge on any atom is -0.345 e. The molecular weight excluding hydrogens is 248 g/mol. The van der Waals surface area contributed by atoms with Gasteiger partial charge in [-0.25, -0.2) is 9.97 Å². The van der Waals surface area contributed by atoms with Crippen LogP contribution in [0.25, 0.3) is 11.2 Å². The van der Waals surface area contributed by atoms with Crippen LogP contribution >= 0.6 is 0 Å². The number of H-pyrrole nitrogens is 1. The van der Waals surface area contributed by atoms with E-state index in [-0.39, 0.29) is 0 Å². The summed E-state index contributed by atoms with van der Waals surface area (Å²) in [7, 11) is 0. The van der Waals surface area contributed by atoms with Gasteiger partial charge in [-0.3, -0.25) is 0 Å². The Kier molecular flexibility index (Phi) is 3.78. The van der Waals surface area contributed by atoms with E-state index in [9.17, 15) is 0 Å². The molecule has 0 spiro atoms. The number of nitrogens with one attached hydrogen (secondary N) is 1. The summed E-state index contributed by atoms with van der Waals surface area (Å²) in [6.07, 6.45) is 14.3. The van der Waals surface area contributed by atoms with Gasteiger partial charge in [-0.2, -0.15) is 5.26 Å². The summed E-state index contributed by atoms with van der Waals surface area (Å²) in [5, 5.41) is 8.54. The van der Waals surface area contributed by atoms with Gasteiger partial charge in [0.25, 0.3) is 0 Å². The number of nitriles is 1. The first-order chi connectivity index (χ1) is 9.86.